The third kappa shape index (κ3) is 4.90. The van der Waals surface area contributed by atoms with Crippen molar-refractivity contribution in [3.8, 4) is 45.3 Å². The van der Waals surface area contributed by atoms with Crippen LogP contribution in [0.3, 0.4) is 0 Å². The largest absolute Gasteiger partial charge is 0.456 e. The van der Waals surface area contributed by atoms with Gasteiger partial charge in [0.05, 0.1) is 0 Å². The van der Waals surface area contributed by atoms with Crippen molar-refractivity contribution in [2.24, 2.45) is 0 Å². The highest BCUT2D eigenvalue weighted by Gasteiger charge is 2.40. The summed E-state index contributed by atoms with van der Waals surface area (Å²) in [6.07, 6.45) is 0.702. The Morgan fingerprint density at radius 1 is 0.491 bits per heavy atom. The van der Waals surface area contributed by atoms with Crippen molar-refractivity contribution in [2.45, 2.75) is 18.8 Å². The molecule has 1 unspecified atom stereocenters. The number of anilines is 3. The van der Waals surface area contributed by atoms with Crippen LogP contribution in [-0.4, -0.2) is 0 Å². The van der Waals surface area contributed by atoms with Gasteiger partial charge < -0.3 is 29.4 Å². The molecule has 0 amide bonds. The Balaban J connectivity index is 0.987. The first-order valence-electron chi connectivity index (χ1n) is 19.2. The van der Waals surface area contributed by atoms with E-state index < -0.39 is 5.41 Å². The lowest BCUT2D eigenvalue weighted by Gasteiger charge is -2.29. The Hall–Kier alpha value is -7.44. The highest BCUT2D eigenvalue weighted by molar-refractivity contribution is 6.08. The van der Waals surface area contributed by atoms with Crippen LogP contribution >= 0.6 is 0 Å². The molecule has 2 aliphatic rings. The average Bonchev–Trinajstić information content (AvgIpc) is 3.87. The Kier molecular flexibility index (Phi) is 6.59. The van der Waals surface area contributed by atoms with Crippen LogP contribution in [0.5, 0.6) is 23.0 Å². The van der Waals surface area contributed by atoms with E-state index in [-0.39, 0.29) is 0 Å². The monoisotopic (exact) mass is 738 g/mol. The molecular formula is C51H34N2O4. The predicted molar refractivity (Wildman–Crippen MR) is 229 cm³/mol. The van der Waals surface area contributed by atoms with Crippen molar-refractivity contribution in [1.82, 2.24) is 0 Å². The maximum Gasteiger partial charge on any atom is 0.170 e. The summed E-state index contributed by atoms with van der Waals surface area (Å²) in [4.78, 5) is 0. The molecule has 57 heavy (non-hydrogen) atoms. The second-order valence-electron chi connectivity index (χ2n) is 15.4. The molecule has 272 valence electrons. The molecule has 1 aliphatic heterocycles. The van der Waals surface area contributed by atoms with Crippen molar-refractivity contribution in [3.63, 3.8) is 0 Å². The summed E-state index contributed by atoms with van der Waals surface area (Å²) in [7, 11) is 0. The minimum Gasteiger partial charge on any atom is -0.456 e. The van der Waals surface area contributed by atoms with Crippen LogP contribution in [0.2, 0.25) is 0 Å². The normalized spacial score (nSPS) is 15.2. The summed E-state index contributed by atoms with van der Waals surface area (Å²) >= 11 is 0. The fourth-order valence-corrected chi connectivity index (χ4v) is 9.23. The predicted octanol–water partition coefficient (Wildman–Crippen LogP) is 13.9. The Morgan fingerprint density at radius 2 is 1.09 bits per heavy atom. The molecule has 0 saturated carbocycles. The molecule has 0 radical (unpaired) electrons. The summed E-state index contributed by atoms with van der Waals surface area (Å²) in [6, 6.07) is 54.3. The second-order valence-corrected chi connectivity index (χ2v) is 15.4. The summed E-state index contributed by atoms with van der Waals surface area (Å²) in [5.41, 5.74) is 20.4. The molecule has 3 N–H and O–H groups in total. The molecule has 0 saturated heterocycles. The van der Waals surface area contributed by atoms with Gasteiger partial charge in [0.2, 0.25) is 0 Å². The van der Waals surface area contributed by atoms with E-state index in [4.69, 9.17) is 24.0 Å². The highest BCUT2D eigenvalue weighted by atomic mass is 16.6. The van der Waals surface area contributed by atoms with Gasteiger partial charge in [-0.2, -0.15) is 0 Å². The van der Waals surface area contributed by atoms with Gasteiger partial charge in [-0.3, -0.25) is 0 Å². The van der Waals surface area contributed by atoms with Crippen LogP contribution in [0.15, 0.2) is 167 Å². The highest BCUT2D eigenvalue weighted by Crippen LogP contribution is 2.54. The van der Waals surface area contributed by atoms with E-state index in [0.29, 0.717) is 35.1 Å². The maximum absolute atomic E-state index is 6.61. The molecule has 10 aromatic rings. The molecule has 6 nitrogen and oxygen atoms in total. The smallest absolute Gasteiger partial charge is 0.170 e. The van der Waals surface area contributed by atoms with Gasteiger partial charge in [-0.05, 0) is 118 Å². The number of hydrogen-bond acceptors (Lipinski definition) is 6. The Bertz CT molecular complexity index is 3300. The number of nitrogens with one attached hydrogen (secondary N) is 1. The van der Waals surface area contributed by atoms with Gasteiger partial charge in [-0.25, -0.2) is 0 Å². The lowest BCUT2D eigenvalue weighted by Crippen LogP contribution is -2.24. The molecule has 2 aromatic heterocycles. The molecular weight excluding hydrogens is 705 g/mol. The van der Waals surface area contributed by atoms with Crippen LogP contribution < -0.4 is 20.5 Å². The summed E-state index contributed by atoms with van der Waals surface area (Å²) < 4.78 is 25.1. The summed E-state index contributed by atoms with van der Waals surface area (Å²) in [6.45, 7) is 2.36. The molecule has 1 aliphatic carbocycles. The minimum atomic E-state index is -0.438. The van der Waals surface area contributed by atoms with Crippen molar-refractivity contribution in [1.29, 1.82) is 0 Å². The number of benzene rings is 8. The van der Waals surface area contributed by atoms with E-state index in [1.54, 1.807) is 0 Å². The van der Waals surface area contributed by atoms with E-state index in [9.17, 15) is 0 Å². The molecule has 12 rings (SSSR count). The lowest BCUT2D eigenvalue weighted by atomic mass is 9.74. The minimum absolute atomic E-state index is 0.438. The van der Waals surface area contributed by atoms with Crippen molar-refractivity contribution >= 4 is 60.9 Å². The fraction of sp³-hybridized carbons (Fsp3) is 0.0588. The van der Waals surface area contributed by atoms with Gasteiger partial charge >= 0.3 is 0 Å². The van der Waals surface area contributed by atoms with Crippen LogP contribution in [-0.2, 0) is 11.8 Å². The molecule has 1 atom stereocenters. The summed E-state index contributed by atoms with van der Waals surface area (Å²) in [5, 5.41) is 8.13. The van der Waals surface area contributed by atoms with Gasteiger partial charge in [-0.1, -0.05) is 79.7 Å². The zero-order chi connectivity index (χ0) is 37.8. The van der Waals surface area contributed by atoms with Crippen LogP contribution in [0.1, 0.15) is 23.6 Å². The third-order valence-electron chi connectivity index (χ3n) is 11.9. The van der Waals surface area contributed by atoms with Gasteiger partial charge in [0.1, 0.15) is 22.3 Å². The van der Waals surface area contributed by atoms with E-state index in [1.165, 1.54) is 22.3 Å². The number of furan rings is 2. The standard InChI is InChI=1S/C51H34N2O4/c1-51(28-31-22-32(52)25-49-50(31)39-9-3-5-11-43(39)55-49)40-23-29(30-15-21-46-48(24-30)57-45-13-7-6-12-44(45)56-46)14-18-35(40)36-19-16-33(26-41(36)51)53-34-17-20-38-37-8-2-4-10-42(37)54-47(38)27-34/h2-27,53H,28,52H2,1H3. The number of ether oxygens (including phenoxy) is 2. The van der Waals surface area contributed by atoms with Gasteiger partial charge in [0, 0.05) is 56.2 Å². The van der Waals surface area contributed by atoms with Crippen LogP contribution in [0, 0.1) is 0 Å². The number of rotatable bonds is 5. The first-order chi connectivity index (χ1) is 27.9. The zero-order valence-electron chi connectivity index (χ0n) is 30.9. The molecule has 3 heterocycles. The average molecular weight is 739 g/mol. The van der Waals surface area contributed by atoms with Crippen LogP contribution in [0.25, 0.3) is 66.1 Å². The number of hydrogen-bond donors (Lipinski definition) is 2. The topological polar surface area (TPSA) is 82.8 Å². The fourth-order valence-electron chi connectivity index (χ4n) is 9.23. The van der Waals surface area contributed by atoms with Crippen LogP contribution in [0.4, 0.5) is 17.1 Å². The number of para-hydroxylation sites is 4. The first kappa shape index (κ1) is 31.9. The SMILES string of the molecule is CC1(Cc2cc(N)cc3oc4ccccc4c23)c2cc(Nc3ccc4c(c3)oc3ccccc34)ccc2-c2ccc(-c3ccc4c(c3)Oc3ccccc3O4)cc21. The Labute approximate surface area is 327 Å². The number of nitrogens with two attached hydrogens (primary N) is 1. The number of fused-ring (bicyclic) bond motifs is 11. The Morgan fingerprint density at radius 3 is 1.93 bits per heavy atom. The van der Waals surface area contributed by atoms with E-state index in [1.807, 2.05) is 66.7 Å². The molecule has 6 heteroatoms. The van der Waals surface area contributed by atoms with Gasteiger partial charge in [0.15, 0.2) is 23.0 Å². The lowest BCUT2D eigenvalue weighted by molar-refractivity contribution is 0.360. The van der Waals surface area contributed by atoms with Crippen molar-refractivity contribution in [3.05, 3.63) is 174 Å². The number of nitrogen functional groups attached to an aromatic ring is 1. The van der Waals surface area contributed by atoms with Gasteiger partial charge in [-0.15, -0.1) is 0 Å². The molecule has 8 aromatic carbocycles. The van der Waals surface area contributed by atoms with E-state index in [0.717, 1.165) is 71.9 Å². The molecule has 0 spiro atoms. The summed E-state index contributed by atoms with van der Waals surface area (Å²) in [5.74, 6) is 2.83. The maximum atomic E-state index is 6.61. The quantitative estimate of drug-likeness (QED) is 0.171. The second kappa shape index (κ2) is 11.8. The van der Waals surface area contributed by atoms with Crippen molar-refractivity contribution in [2.75, 3.05) is 11.1 Å². The first-order valence-corrected chi connectivity index (χ1v) is 19.2. The molecule has 0 fully saturated rings. The molecule has 0 bridgehead atoms. The van der Waals surface area contributed by atoms with Crippen molar-refractivity contribution < 1.29 is 18.3 Å². The third-order valence-corrected chi connectivity index (χ3v) is 11.9. The van der Waals surface area contributed by atoms with E-state index >= 15 is 0 Å². The van der Waals surface area contributed by atoms with E-state index in [2.05, 4.69) is 103 Å². The van der Waals surface area contributed by atoms with Gasteiger partial charge in [0.25, 0.3) is 0 Å². The zero-order valence-corrected chi connectivity index (χ0v) is 30.9.